The molecule has 1 aliphatic rings. The zero-order valence-corrected chi connectivity index (χ0v) is 13.1. The van der Waals surface area contributed by atoms with Crippen molar-refractivity contribution in [2.75, 3.05) is 11.5 Å². The minimum atomic E-state index is 0.0150. The third-order valence-electron chi connectivity index (χ3n) is 4.14. The molecule has 2 aromatic carbocycles. The number of benzene rings is 2. The summed E-state index contributed by atoms with van der Waals surface area (Å²) in [7, 11) is 0. The van der Waals surface area contributed by atoms with Crippen molar-refractivity contribution in [2.45, 2.75) is 32.7 Å². The SMILES string of the molecule is Cc1cccc(OCC(=O)N2c3ccccc3CCC2C)c1. The summed E-state index contributed by atoms with van der Waals surface area (Å²) in [6.07, 6.45) is 2.02. The van der Waals surface area contributed by atoms with Crippen molar-refractivity contribution >= 4 is 11.6 Å². The Bertz CT molecular complexity index is 681. The predicted molar refractivity (Wildman–Crippen MR) is 88.4 cm³/mol. The third kappa shape index (κ3) is 2.98. The van der Waals surface area contributed by atoms with E-state index in [1.165, 1.54) is 5.56 Å². The summed E-state index contributed by atoms with van der Waals surface area (Å²) in [5.74, 6) is 0.757. The molecule has 0 fully saturated rings. The lowest BCUT2D eigenvalue weighted by molar-refractivity contribution is -0.121. The molecule has 1 amide bonds. The molecule has 1 atom stereocenters. The van der Waals surface area contributed by atoms with E-state index in [-0.39, 0.29) is 18.6 Å². The second-order valence-electron chi connectivity index (χ2n) is 5.89. The number of ether oxygens (including phenoxy) is 1. The number of carbonyl (C=O) groups excluding carboxylic acids is 1. The molecule has 3 nitrogen and oxygen atoms in total. The number of hydrogen-bond acceptors (Lipinski definition) is 2. The predicted octanol–water partition coefficient (Wildman–Crippen LogP) is 3.74. The van der Waals surface area contributed by atoms with Crippen molar-refractivity contribution in [3.63, 3.8) is 0 Å². The van der Waals surface area contributed by atoms with Gasteiger partial charge in [-0.3, -0.25) is 4.79 Å². The van der Waals surface area contributed by atoms with E-state index in [0.717, 1.165) is 29.8 Å². The molecule has 0 aliphatic carbocycles. The van der Waals surface area contributed by atoms with Crippen LogP contribution in [0.15, 0.2) is 48.5 Å². The second-order valence-corrected chi connectivity index (χ2v) is 5.89. The van der Waals surface area contributed by atoms with E-state index in [1.807, 2.05) is 54.3 Å². The standard InChI is InChI=1S/C19H21NO2/c1-14-6-5-8-17(12-14)22-13-19(21)20-15(2)10-11-16-7-3-4-9-18(16)20/h3-9,12,15H,10-11,13H2,1-2H3. The summed E-state index contributed by atoms with van der Waals surface area (Å²) in [4.78, 5) is 14.5. The Morgan fingerprint density at radius 3 is 2.86 bits per heavy atom. The van der Waals surface area contributed by atoms with Crippen LogP contribution in [0.2, 0.25) is 0 Å². The quantitative estimate of drug-likeness (QED) is 0.863. The van der Waals surface area contributed by atoms with E-state index in [0.29, 0.717) is 0 Å². The van der Waals surface area contributed by atoms with Gasteiger partial charge < -0.3 is 9.64 Å². The summed E-state index contributed by atoms with van der Waals surface area (Å²) in [5.41, 5.74) is 3.39. The van der Waals surface area contributed by atoms with E-state index in [9.17, 15) is 4.79 Å². The molecule has 0 bridgehead atoms. The van der Waals surface area contributed by atoms with Crippen LogP contribution in [0.4, 0.5) is 5.69 Å². The molecule has 3 rings (SSSR count). The van der Waals surface area contributed by atoms with Crippen LogP contribution in [-0.2, 0) is 11.2 Å². The number of para-hydroxylation sites is 1. The number of nitrogens with zero attached hydrogens (tertiary/aromatic N) is 1. The summed E-state index contributed by atoms with van der Waals surface area (Å²) in [6, 6.07) is 16.1. The van der Waals surface area contributed by atoms with Gasteiger partial charge in [-0.15, -0.1) is 0 Å². The number of aryl methyl sites for hydroxylation is 2. The lowest BCUT2D eigenvalue weighted by Gasteiger charge is -2.35. The van der Waals surface area contributed by atoms with E-state index < -0.39 is 0 Å². The van der Waals surface area contributed by atoms with E-state index in [4.69, 9.17) is 4.74 Å². The maximum atomic E-state index is 12.6. The summed E-state index contributed by atoms with van der Waals surface area (Å²) in [6.45, 7) is 4.18. The first-order chi connectivity index (χ1) is 10.6. The first-order valence-electron chi connectivity index (χ1n) is 7.74. The topological polar surface area (TPSA) is 29.5 Å². The van der Waals surface area contributed by atoms with Gasteiger partial charge in [-0.2, -0.15) is 0 Å². The van der Waals surface area contributed by atoms with Gasteiger partial charge in [0.15, 0.2) is 6.61 Å². The molecule has 1 unspecified atom stereocenters. The molecule has 2 aromatic rings. The van der Waals surface area contributed by atoms with Crippen molar-refractivity contribution in [3.05, 3.63) is 59.7 Å². The second kappa shape index (κ2) is 6.22. The lowest BCUT2D eigenvalue weighted by Crippen LogP contribution is -2.44. The number of amides is 1. The van der Waals surface area contributed by atoms with Crippen molar-refractivity contribution in [1.29, 1.82) is 0 Å². The molecule has 0 saturated heterocycles. The Kier molecular flexibility index (Phi) is 4.14. The van der Waals surface area contributed by atoms with E-state index in [2.05, 4.69) is 13.0 Å². The summed E-state index contributed by atoms with van der Waals surface area (Å²) < 4.78 is 5.67. The van der Waals surface area contributed by atoms with Gasteiger partial charge in [-0.1, -0.05) is 30.3 Å². The summed E-state index contributed by atoms with van der Waals surface area (Å²) >= 11 is 0. The van der Waals surface area contributed by atoms with Gasteiger partial charge in [0.05, 0.1) is 0 Å². The minimum absolute atomic E-state index is 0.0150. The van der Waals surface area contributed by atoms with E-state index in [1.54, 1.807) is 0 Å². The van der Waals surface area contributed by atoms with Crippen LogP contribution in [0, 0.1) is 6.92 Å². The largest absolute Gasteiger partial charge is 0.484 e. The van der Waals surface area contributed by atoms with Crippen LogP contribution in [0.5, 0.6) is 5.75 Å². The third-order valence-corrected chi connectivity index (χ3v) is 4.14. The molecule has 0 aromatic heterocycles. The molecule has 0 N–H and O–H groups in total. The number of hydrogen-bond donors (Lipinski definition) is 0. The van der Waals surface area contributed by atoms with Gasteiger partial charge in [0, 0.05) is 11.7 Å². The molecular formula is C19H21NO2. The molecule has 0 spiro atoms. The first kappa shape index (κ1) is 14.6. The lowest BCUT2D eigenvalue weighted by atomic mass is 9.96. The molecule has 0 saturated carbocycles. The molecule has 1 aliphatic heterocycles. The van der Waals surface area contributed by atoms with Crippen molar-refractivity contribution in [3.8, 4) is 5.75 Å². The Hall–Kier alpha value is -2.29. The number of rotatable bonds is 3. The van der Waals surface area contributed by atoms with Crippen molar-refractivity contribution in [2.24, 2.45) is 0 Å². The maximum absolute atomic E-state index is 12.6. The van der Waals surface area contributed by atoms with Crippen LogP contribution in [0.1, 0.15) is 24.5 Å². The fourth-order valence-corrected chi connectivity index (χ4v) is 2.99. The van der Waals surface area contributed by atoms with E-state index >= 15 is 0 Å². The molecular weight excluding hydrogens is 274 g/mol. The highest BCUT2D eigenvalue weighted by molar-refractivity contribution is 5.96. The average Bonchev–Trinajstić information content (AvgIpc) is 2.52. The molecule has 3 heteroatoms. The van der Waals surface area contributed by atoms with Gasteiger partial charge in [0.2, 0.25) is 0 Å². The normalized spacial score (nSPS) is 17.0. The highest BCUT2D eigenvalue weighted by Gasteiger charge is 2.28. The first-order valence-corrected chi connectivity index (χ1v) is 7.74. The summed E-state index contributed by atoms with van der Waals surface area (Å²) in [5, 5.41) is 0. The fraction of sp³-hybridized carbons (Fsp3) is 0.316. The van der Waals surface area contributed by atoms with Crippen molar-refractivity contribution in [1.82, 2.24) is 0 Å². The Morgan fingerprint density at radius 1 is 1.23 bits per heavy atom. The zero-order chi connectivity index (χ0) is 15.5. The monoisotopic (exact) mass is 295 g/mol. The van der Waals surface area contributed by atoms with Gasteiger partial charge >= 0.3 is 0 Å². The Labute approximate surface area is 131 Å². The van der Waals surface area contributed by atoms with Crippen LogP contribution in [-0.4, -0.2) is 18.6 Å². The molecule has 114 valence electrons. The highest BCUT2D eigenvalue weighted by Crippen LogP contribution is 2.30. The van der Waals surface area contributed by atoms with Gasteiger partial charge in [0.1, 0.15) is 5.75 Å². The Balaban J connectivity index is 1.74. The zero-order valence-electron chi connectivity index (χ0n) is 13.1. The number of fused-ring (bicyclic) bond motifs is 1. The maximum Gasteiger partial charge on any atom is 0.265 e. The molecule has 22 heavy (non-hydrogen) atoms. The smallest absolute Gasteiger partial charge is 0.265 e. The van der Waals surface area contributed by atoms with Gasteiger partial charge in [-0.25, -0.2) is 0 Å². The van der Waals surface area contributed by atoms with Gasteiger partial charge in [-0.05, 0) is 56.0 Å². The van der Waals surface area contributed by atoms with Crippen LogP contribution in [0.25, 0.3) is 0 Å². The Morgan fingerprint density at radius 2 is 2.05 bits per heavy atom. The van der Waals surface area contributed by atoms with Crippen LogP contribution >= 0.6 is 0 Å². The molecule has 0 radical (unpaired) electrons. The van der Waals surface area contributed by atoms with Gasteiger partial charge in [0.25, 0.3) is 5.91 Å². The van der Waals surface area contributed by atoms with Crippen LogP contribution in [0.3, 0.4) is 0 Å². The number of carbonyl (C=O) groups is 1. The highest BCUT2D eigenvalue weighted by atomic mass is 16.5. The van der Waals surface area contributed by atoms with Crippen molar-refractivity contribution < 1.29 is 9.53 Å². The minimum Gasteiger partial charge on any atom is -0.484 e. The fourth-order valence-electron chi connectivity index (χ4n) is 2.99. The number of anilines is 1. The molecule has 1 heterocycles. The van der Waals surface area contributed by atoms with Crippen LogP contribution < -0.4 is 9.64 Å². The average molecular weight is 295 g/mol.